The zero-order valence-corrected chi connectivity index (χ0v) is 9.40. The number of carbonyl (C=O) groups is 2. The number of nitrogens with two attached hydrogens (primary N) is 1. The summed E-state index contributed by atoms with van der Waals surface area (Å²) in [5, 5.41) is 11.3. The molecule has 0 fully saturated rings. The van der Waals surface area contributed by atoms with E-state index in [0.29, 0.717) is 12.2 Å². The number of carbonyl (C=O) groups excluding carboxylic acids is 1. The SMILES string of the molecule is CCNC(=O)COc1cc(C(=O)O)ccc1N. The van der Waals surface area contributed by atoms with Crippen molar-refractivity contribution in [3.63, 3.8) is 0 Å². The van der Waals surface area contributed by atoms with Crippen LogP contribution in [0.2, 0.25) is 0 Å². The third kappa shape index (κ3) is 3.67. The van der Waals surface area contributed by atoms with Gasteiger partial charge in [-0.1, -0.05) is 0 Å². The van der Waals surface area contributed by atoms with Crippen LogP contribution in [0.3, 0.4) is 0 Å². The zero-order chi connectivity index (χ0) is 12.8. The Kier molecular flexibility index (Phi) is 4.33. The lowest BCUT2D eigenvalue weighted by atomic mass is 10.2. The largest absolute Gasteiger partial charge is 0.482 e. The summed E-state index contributed by atoms with van der Waals surface area (Å²) >= 11 is 0. The van der Waals surface area contributed by atoms with Crippen molar-refractivity contribution in [1.82, 2.24) is 5.32 Å². The number of carboxylic acid groups (broad SMARTS) is 1. The first-order valence-corrected chi connectivity index (χ1v) is 5.07. The summed E-state index contributed by atoms with van der Waals surface area (Å²) in [6.45, 7) is 2.10. The Balaban J connectivity index is 2.73. The normalized spacial score (nSPS) is 9.71. The monoisotopic (exact) mass is 238 g/mol. The summed E-state index contributed by atoms with van der Waals surface area (Å²) in [6, 6.07) is 4.09. The molecule has 0 saturated heterocycles. The van der Waals surface area contributed by atoms with Crippen molar-refractivity contribution < 1.29 is 19.4 Å². The minimum Gasteiger partial charge on any atom is -0.482 e. The van der Waals surface area contributed by atoms with Gasteiger partial charge in [0, 0.05) is 6.54 Å². The number of ether oxygens (including phenoxy) is 1. The Morgan fingerprint density at radius 2 is 2.18 bits per heavy atom. The summed E-state index contributed by atoms with van der Waals surface area (Å²) in [5.41, 5.74) is 5.95. The maximum atomic E-state index is 11.2. The highest BCUT2D eigenvalue weighted by atomic mass is 16.5. The van der Waals surface area contributed by atoms with Crippen LogP contribution in [0.5, 0.6) is 5.75 Å². The van der Waals surface area contributed by atoms with Crippen LogP contribution >= 0.6 is 0 Å². The fraction of sp³-hybridized carbons (Fsp3) is 0.273. The Bertz CT molecular complexity index is 431. The first-order chi connectivity index (χ1) is 8.04. The topological polar surface area (TPSA) is 102 Å². The van der Waals surface area contributed by atoms with E-state index in [9.17, 15) is 9.59 Å². The van der Waals surface area contributed by atoms with Crippen molar-refractivity contribution in [2.45, 2.75) is 6.92 Å². The maximum absolute atomic E-state index is 11.2. The molecule has 0 atom stereocenters. The highest BCUT2D eigenvalue weighted by Crippen LogP contribution is 2.22. The molecule has 1 aromatic carbocycles. The number of benzene rings is 1. The molecule has 0 saturated carbocycles. The quantitative estimate of drug-likeness (QED) is 0.648. The molecule has 0 radical (unpaired) electrons. The summed E-state index contributed by atoms with van der Waals surface area (Å²) < 4.78 is 5.14. The number of carboxylic acids is 1. The van der Waals surface area contributed by atoms with E-state index in [1.54, 1.807) is 6.92 Å². The number of nitrogens with one attached hydrogen (secondary N) is 1. The van der Waals surface area contributed by atoms with Crippen molar-refractivity contribution in [3.8, 4) is 5.75 Å². The molecule has 92 valence electrons. The maximum Gasteiger partial charge on any atom is 0.335 e. The van der Waals surface area contributed by atoms with Crippen molar-refractivity contribution in [1.29, 1.82) is 0 Å². The van der Waals surface area contributed by atoms with E-state index in [-0.39, 0.29) is 23.8 Å². The Labute approximate surface area is 98.4 Å². The van der Waals surface area contributed by atoms with Crippen molar-refractivity contribution >= 4 is 17.6 Å². The molecule has 0 aliphatic carbocycles. The zero-order valence-electron chi connectivity index (χ0n) is 9.40. The van der Waals surface area contributed by atoms with Gasteiger partial charge in [-0.05, 0) is 25.1 Å². The Morgan fingerprint density at radius 3 is 2.76 bits per heavy atom. The van der Waals surface area contributed by atoms with Gasteiger partial charge in [0.25, 0.3) is 5.91 Å². The number of hydrogen-bond donors (Lipinski definition) is 3. The van der Waals surface area contributed by atoms with Crippen LogP contribution in [0.4, 0.5) is 5.69 Å². The predicted molar refractivity (Wildman–Crippen MR) is 62.0 cm³/mol. The van der Waals surface area contributed by atoms with E-state index in [1.165, 1.54) is 18.2 Å². The second kappa shape index (κ2) is 5.74. The molecule has 1 amide bonds. The molecule has 6 heteroatoms. The van der Waals surface area contributed by atoms with Gasteiger partial charge in [-0.25, -0.2) is 4.79 Å². The minimum absolute atomic E-state index is 0.0603. The molecule has 0 heterocycles. The molecule has 0 bridgehead atoms. The molecule has 0 aliphatic rings. The number of aromatic carboxylic acids is 1. The number of rotatable bonds is 5. The van der Waals surface area contributed by atoms with Crippen LogP contribution in [0.25, 0.3) is 0 Å². The Hall–Kier alpha value is -2.24. The van der Waals surface area contributed by atoms with Gasteiger partial charge in [0.2, 0.25) is 0 Å². The fourth-order valence-corrected chi connectivity index (χ4v) is 1.18. The smallest absolute Gasteiger partial charge is 0.335 e. The molecule has 6 nitrogen and oxygen atoms in total. The highest BCUT2D eigenvalue weighted by molar-refractivity contribution is 5.89. The highest BCUT2D eigenvalue weighted by Gasteiger charge is 2.09. The van der Waals surface area contributed by atoms with E-state index >= 15 is 0 Å². The van der Waals surface area contributed by atoms with Crippen molar-refractivity contribution in [3.05, 3.63) is 23.8 Å². The van der Waals surface area contributed by atoms with E-state index in [1.807, 2.05) is 0 Å². The van der Waals surface area contributed by atoms with Crippen LogP contribution in [0.1, 0.15) is 17.3 Å². The second-order valence-corrected chi connectivity index (χ2v) is 3.30. The van der Waals surface area contributed by atoms with Gasteiger partial charge in [-0.2, -0.15) is 0 Å². The van der Waals surface area contributed by atoms with E-state index in [0.717, 1.165) is 0 Å². The van der Waals surface area contributed by atoms with E-state index in [2.05, 4.69) is 5.32 Å². The lowest BCUT2D eigenvalue weighted by molar-refractivity contribution is -0.122. The third-order valence-electron chi connectivity index (χ3n) is 1.99. The van der Waals surface area contributed by atoms with Crippen molar-refractivity contribution in [2.24, 2.45) is 0 Å². The fourth-order valence-electron chi connectivity index (χ4n) is 1.18. The predicted octanol–water partition coefficient (Wildman–Crippen LogP) is 0.482. The molecule has 0 aliphatic heterocycles. The molecule has 1 aromatic rings. The van der Waals surface area contributed by atoms with Gasteiger partial charge < -0.3 is 20.9 Å². The molecular formula is C11H14N2O4. The number of anilines is 1. The minimum atomic E-state index is -1.08. The molecule has 0 spiro atoms. The summed E-state index contributed by atoms with van der Waals surface area (Å²) in [5.74, 6) is -1.17. The van der Waals surface area contributed by atoms with Crippen molar-refractivity contribution in [2.75, 3.05) is 18.9 Å². The molecule has 17 heavy (non-hydrogen) atoms. The van der Waals surface area contributed by atoms with Gasteiger partial charge in [-0.3, -0.25) is 4.79 Å². The summed E-state index contributed by atoms with van der Waals surface area (Å²) in [6.07, 6.45) is 0. The lowest BCUT2D eigenvalue weighted by Crippen LogP contribution is -2.28. The first kappa shape index (κ1) is 12.8. The van der Waals surface area contributed by atoms with Crippen LogP contribution in [0.15, 0.2) is 18.2 Å². The lowest BCUT2D eigenvalue weighted by Gasteiger charge is -2.09. The van der Waals surface area contributed by atoms with Crippen LogP contribution in [-0.4, -0.2) is 30.1 Å². The van der Waals surface area contributed by atoms with Crippen LogP contribution in [-0.2, 0) is 4.79 Å². The van der Waals surface area contributed by atoms with Crippen LogP contribution < -0.4 is 15.8 Å². The van der Waals surface area contributed by atoms with Gasteiger partial charge in [0.05, 0.1) is 11.3 Å². The van der Waals surface area contributed by atoms with Crippen LogP contribution in [0, 0.1) is 0 Å². The summed E-state index contributed by atoms with van der Waals surface area (Å²) in [4.78, 5) is 21.9. The average Bonchev–Trinajstić information content (AvgIpc) is 2.28. The third-order valence-corrected chi connectivity index (χ3v) is 1.99. The second-order valence-electron chi connectivity index (χ2n) is 3.30. The molecule has 0 aromatic heterocycles. The molecule has 4 N–H and O–H groups in total. The number of amides is 1. The van der Waals surface area contributed by atoms with Gasteiger partial charge in [0.15, 0.2) is 6.61 Å². The molecule has 1 rings (SSSR count). The van der Waals surface area contributed by atoms with E-state index in [4.69, 9.17) is 15.6 Å². The number of nitrogen functional groups attached to an aromatic ring is 1. The number of likely N-dealkylation sites (N-methyl/N-ethyl adjacent to an activating group) is 1. The standard InChI is InChI=1S/C11H14N2O4/c1-2-13-10(14)6-17-9-5-7(11(15)16)3-4-8(9)12/h3-5H,2,6,12H2,1H3,(H,13,14)(H,15,16). The molecular weight excluding hydrogens is 224 g/mol. The van der Waals surface area contributed by atoms with Gasteiger partial charge in [-0.15, -0.1) is 0 Å². The summed E-state index contributed by atoms with van der Waals surface area (Å²) in [7, 11) is 0. The van der Waals surface area contributed by atoms with E-state index < -0.39 is 5.97 Å². The average molecular weight is 238 g/mol. The Morgan fingerprint density at radius 1 is 1.47 bits per heavy atom. The number of hydrogen-bond acceptors (Lipinski definition) is 4. The first-order valence-electron chi connectivity index (χ1n) is 5.07. The van der Waals surface area contributed by atoms with Gasteiger partial charge in [0.1, 0.15) is 5.75 Å². The molecule has 0 unspecified atom stereocenters. The van der Waals surface area contributed by atoms with Gasteiger partial charge >= 0.3 is 5.97 Å².